The number of H-pyrrole nitrogens is 1. The van der Waals surface area contributed by atoms with E-state index in [4.69, 9.17) is 4.74 Å². The molecule has 0 aliphatic rings. The van der Waals surface area contributed by atoms with Gasteiger partial charge in [-0.1, -0.05) is 23.9 Å². The van der Waals surface area contributed by atoms with Crippen LogP contribution in [0.3, 0.4) is 0 Å². The van der Waals surface area contributed by atoms with E-state index in [2.05, 4.69) is 9.97 Å². The molecular weight excluding hydrogens is 372 g/mol. The number of benzene rings is 2. The summed E-state index contributed by atoms with van der Waals surface area (Å²) in [6.45, 7) is 0.0693. The van der Waals surface area contributed by atoms with Gasteiger partial charge >= 0.3 is 0 Å². The summed E-state index contributed by atoms with van der Waals surface area (Å²) < 4.78 is 32.8. The lowest BCUT2D eigenvalue weighted by Crippen LogP contribution is -2.14. The molecule has 0 fully saturated rings. The first kappa shape index (κ1) is 18.6. The maximum Gasteiger partial charge on any atom is 0.270 e. The normalized spacial score (nSPS) is 10.4. The highest BCUT2D eigenvalue weighted by molar-refractivity contribution is 7.98. The molecule has 5 nitrogen and oxygen atoms in total. The van der Waals surface area contributed by atoms with E-state index in [1.54, 1.807) is 24.5 Å². The smallest absolute Gasteiger partial charge is 0.270 e. The minimum atomic E-state index is -0.661. The van der Waals surface area contributed by atoms with Crippen LogP contribution in [0.15, 0.2) is 52.4 Å². The highest BCUT2D eigenvalue weighted by Crippen LogP contribution is 2.27. The molecule has 1 N–H and O–H groups in total. The zero-order chi connectivity index (χ0) is 19.4. The molecule has 0 saturated heterocycles. The second kappa shape index (κ2) is 8.01. The summed E-state index contributed by atoms with van der Waals surface area (Å²) >= 11 is 1.20. The number of aromatic nitrogens is 2. The third kappa shape index (κ3) is 4.15. The van der Waals surface area contributed by atoms with Gasteiger partial charge in [0, 0.05) is 5.56 Å². The Bertz CT molecular complexity index is 1080. The van der Waals surface area contributed by atoms with E-state index in [1.807, 2.05) is 0 Å². The molecule has 3 rings (SSSR count). The molecule has 3 aromatic rings. The molecule has 0 spiro atoms. The standard InChI is InChI=1S/C19H13F2N3O2S/c1-27-19-23-17(14(9-22)18(25)24-19)12-4-7-16(15(21)8-12)26-10-11-2-5-13(20)6-3-11/h2-8H,10H2,1H3,(H,23,24,25). The second-order valence-corrected chi connectivity index (χ2v) is 6.27. The summed E-state index contributed by atoms with van der Waals surface area (Å²) in [5.41, 5.74) is 0.317. The predicted octanol–water partition coefficient (Wildman–Crippen LogP) is 3.89. The molecule has 1 aromatic heterocycles. The van der Waals surface area contributed by atoms with E-state index in [-0.39, 0.29) is 29.4 Å². The van der Waals surface area contributed by atoms with E-state index in [0.717, 1.165) is 6.07 Å². The fourth-order valence-electron chi connectivity index (χ4n) is 2.37. The van der Waals surface area contributed by atoms with Crippen LogP contribution in [0.2, 0.25) is 0 Å². The van der Waals surface area contributed by atoms with Gasteiger partial charge in [0.2, 0.25) is 0 Å². The maximum absolute atomic E-state index is 14.4. The summed E-state index contributed by atoms with van der Waals surface area (Å²) in [5.74, 6) is -1.03. The largest absolute Gasteiger partial charge is 0.486 e. The van der Waals surface area contributed by atoms with Gasteiger partial charge in [0.1, 0.15) is 24.1 Å². The number of nitrogens with zero attached hydrogens (tertiary/aromatic N) is 2. The quantitative estimate of drug-likeness (QED) is 0.533. The van der Waals surface area contributed by atoms with E-state index >= 15 is 0 Å². The van der Waals surface area contributed by atoms with Crippen LogP contribution in [0.4, 0.5) is 8.78 Å². The van der Waals surface area contributed by atoms with Crippen molar-refractivity contribution >= 4 is 11.8 Å². The van der Waals surface area contributed by atoms with Crippen molar-refractivity contribution in [2.45, 2.75) is 11.8 Å². The first-order valence-electron chi connectivity index (χ1n) is 7.77. The van der Waals surface area contributed by atoms with Crippen LogP contribution in [0.1, 0.15) is 11.1 Å². The third-order valence-corrected chi connectivity index (χ3v) is 4.30. The van der Waals surface area contributed by atoms with Crippen molar-refractivity contribution in [1.29, 1.82) is 5.26 Å². The number of aromatic amines is 1. The van der Waals surface area contributed by atoms with Crippen molar-refractivity contribution in [3.8, 4) is 23.1 Å². The van der Waals surface area contributed by atoms with Gasteiger partial charge in [-0.3, -0.25) is 4.79 Å². The predicted molar refractivity (Wildman–Crippen MR) is 97.5 cm³/mol. The van der Waals surface area contributed by atoms with Gasteiger partial charge in [0.05, 0.1) is 5.69 Å². The molecule has 0 aliphatic carbocycles. The lowest BCUT2D eigenvalue weighted by Gasteiger charge is -2.10. The van der Waals surface area contributed by atoms with Crippen molar-refractivity contribution in [1.82, 2.24) is 9.97 Å². The number of rotatable bonds is 5. The number of hydrogen-bond donors (Lipinski definition) is 1. The van der Waals surface area contributed by atoms with Crippen molar-refractivity contribution in [3.05, 3.63) is 75.6 Å². The molecule has 2 aromatic carbocycles. The van der Waals surface area contributed by atoms with Crippen LogP contribution in [-0.4, -0.2) is 16.2 Å². The molecule has 0 amide bonds. The molecule has 0 radical (unpaired) electrons. The Balaban J connectivity index is 1.89. The van der Waals surface area contributed by atoms with Crippen LogP contribution in [0, 0.1) is 23.0 Å². The Morgan fingerprint density at radius 2 is 1.96 bits per heavy atom. The number of thioether (sulfide) groups is 1. The lowest BCUT2D eigenvalue weighted by molar-refractivity contribution is 0.290. The van der Waals surface area contributed by atoms with Crippen LogP contribution in [-0.2, 0) is 6.61 Å². The SMILES string of the molecule is CSc1nc(-c2ccc(OCc3ccc(F)cc3)c(F)c2)c(C#N)c(=O)[nH]1. The number of nitrogens with one attached hydrogen (secondary N) is 1. The number of nitriles is 1. The van der Waals surface area contributed by atoms with E-state index < -0.39 is 11.4 Å². The first-order chi connectivity index (χ1) is 13.0. The van der Waals surface area contributed by atoms with Crippen molar-refractivity contribution in [2.75, 3.05) is 6.26 Å². The molecule has 27 heavy (non-hydrogen) atoms. The van der Waals surface area contributed by atoms with Crippen LogP contribution in [0.5, 0.6) is 5.75 Å². The van der Waals surface area contributed by atoms with Gasteiger partial charge < -0.3 is 9.72 Å². The van der Waals surface area contributed by atoms with Gasteiger partial charge in [-0.25, -0.2) is 13.8 Å². The molecule has 1 heterocycles. The van der Waals surface area contributed by atoms with E-state index in [9.17, 15) is 18.8 Å². The zero-order valence-corrected chi connectivity index (χ0v) is 14.9. The Hall–Kier alpha value is -3.18. The van der Waals surface area contributed by atoms with Gasteiger partial charge in [0.25, 0.3) is 5.56 Å². The van der Waals surface area contributed by atoms with Crippen LogP contribution in [0.25, 0.3) is 11.3 Å². The summed E-state index contributed by atoms with van der Waals surface area (Å²) in [6, 6.07) is 11.6. The van der Waals surface area contributed by atoms with Gasteiger partial charge in [-0.2, -0.15) is 5.26 Å². The molecule has 0 unspecified atom stereocenters. The van der Waals surface area contributed by atoms with E-state index in [1.165, 1.54) is 36.0 Å². The monoisotopic (exact) mass is 385 g/mol. The van der Waals surface area contributed by atoms with Gasteiger partial charge in [0.15, 0.2) is 16.7 Å². The first-order valence-corrected chi connectivity index (χ1v) is 9.00. The van der Waals surface area contributed by atoms with Crippen molar-refractivity contribution < 1.29 is 13.5 Å². The molecule has 0 aliphatic heterocycles. The fourth-order valence-corrected chi connectivity index (χ4v) is 2.75. The average molecular weight is 385 g/mol. The van der Waals surface area contributed by atoms with Crippen molar-refractivity contribution in [3.63, 3.8) is 0 Å². The Labute approximate surface area is 157 Å². The lowest BCUT2D eigenvalue weighted by atomic mass is 10.1. The van der Waals surface area contributed by atoms with Gasteiger partial charge in [-0.15, -0.1) is 0 Å². The molecule has 0 atom stereocenters. The minimum Gasteiger partial charge on any atom is -0.486 e. The molecule has 0 saturated carbocycles. The molecule has 8 heteroatoms. The summed E-state index contributed by atoms with van der Waals surface area (Å²) in [4.78, 5) is 18.7. The summed E-state index contributed by atoms with van der Waals surface area (Å²) in [6.07, 6.45) is 1.72. The second-order valence-electron chi connectivity index (χ2n) is 5.47. The molecule has 136 valence electrons. The fraction of sp³-hybridized carbons (Fsp3) is 0.105. The third-order valence-electron chi connectivity index (χ3n) is 3.72. The average Bonchev–Trinajstić information content (AvgIpc) is 2.67. The molecule has 0 bridgehead atoms. The Kier molecular flexibility index (Phi) is 5.52. The topological polar surface area (TPSA) is 78.8 Å². The highest BCUT2D eigenvalue weighted by Gasteiger charge is 2.15. The zero-order valence-electron chi connectivity index (χ0n) is 14.1. The highest BCUT2D eigenvalue weighted by atomic mass is 32.2. The Morgan fingerprint density at radius 3 is 2.59 bits per heavy atom. The number of hydrogen-bond acceptors (Lipinski definition) is 5. The number of ether oxygens (including phenoxy) is 1. The summed E-state index contributed by atoms with van der Waals surface area (Å²) in [5, 5.41) is 9.54. The van der Waals surface area contributed by atoms with E-state index in [0.29, 0.717) is 16.3 Å². The van der Waals surface area contributed by atoms with Crippen LogP contribution >= 0.6 is 11.8 Å². The molecular formula is C19H13F2N3O2S. The Morgan fingerprint density at radius 1 is 1.22 bits per heavy atom. The number of halogens is 2. The maximum atomic E-state index is 14.4. The minimum absolute atomic E-state index is 0.00323. The summed E-state index contributed by atoms with van der Waals surface area (Å²) in [7, 11) is 0. The van der Waals surface area contributed by atoms with Gasteiger partial charge in [-0.05, 0) is 42.2 Å². The van der Waals surface area contributed by atoms with Crippen molar-refractivity contribution in [2.24, 2.45) is 0 Å². The van der Waals surface area contributed by atoms with Crippen LogP contribution < -0.4 is 10.3 Å².